The van der Waals surface area contributed by atoms with Gasteiger partial charge < -0.3 is 15.3 Å². The lowest BCUT2D eigenvalue weighted by Gasteiger charge is -2.23. The molecule has 0 aliphatic carbocycles. The fraction of sp³-hybridized carbons (Fsp3) is 0.462. The normalized spacial score (nSPS) is 23.7. The molecule has 2 rings (SSSR count). The number of benzene rings is 1. The number of aliphatic hydroxyl groups excluding tert-OH is 1. The van der Waals surface area contributed by atoms with Crippen molar-refractivity contribution in [3.63, 3.8) is 0 Å². The Kier molecular flexibility index (Phi) is 3.45. The number of aliphatic hydroxyl groups is 1. The lowest BCUT2D eigenvalue weighted by Crippen LogP contribution is -2.46. The molecule has 4 heteroatoms. The van der Waals surface area contributed by atoms with Crippen LogP contribution in [0, 0.1) is 6.92 Å². The Morgan fingerprint density at radius 3 is 2.88 bits per heavy atom. The molecular weight excluding hydrogens is 216 g/mol. The molecule has 0 aromatic heterocycles. The lowest BCUT2D eigenvalue weighted by molar-refractivity contribution is -0.121. The van der Waals surface area contributed by atoms with Crippen LogP contribution in [0.3, 0.4) is 0 Å². The fourth-order valence-corrected chi connectivity index (χ4v) is 2.11. The fourth-order valence-electron chi connectivity index (χ4n) is 2.11. The Morgan fingerprint density at radius 2 is 2.29 bits per heavy atom. The largest absolute Gasteiger partial charge is 0.391 e. The van der Waals surface area contributed by atoms with Crippen molar-refractivity contribution >= 4 is 11.6 Å². The average Bonchev–Trinajstić information content (AvgIpc) is 2.73. The number of nitrogens with one attached hydrogen (secondary N) is 1. The summed E-state index contributed by atoms with van der Waals surface area (Å²) in [5, 5.41) is 12.7. The van der Waals surface area contributed by atoms with E-state index in [0.717, 1.165) is 11.3 Å². The van der Waals surface area contributed by atoms with Crippen LogP contribution in [0.15, 0.2) is 24.3 Å². The molecule has 1 aliphatic heterocycles. The zero-order valence-corrected chi connectivity index (χ0v) is 10.2. The molecule has 1 aromatic rings. The van der Waals surface area contributed by atoms with Crippen molar-refractivity contribution in [1.82, 2.24) is 5.32 Å². The van der Waals surface area contributed by atoms with Gasteiger partial charge in [0.15, 0.2) is 0 Å². The smallest absolute Gasteiger partial charge is 0.246 e. The van der Waals surface area contributed by atoms with Gasteiger partial charge in [-0.3, -0.25) is 4.79 Å². The summed E-state index contributed by atoms with van der Waals surface area (Å²) >= 11 is 0. The molecule has 0 saturated carbocycles. The summed E-state index contributed by atoms with van der Waals surface area (Å²) in [5.74, 6) is -0.0828. The summed E-state index contributed by atoms with van der Waals surface area (Å²) in [5.41, 5.74) is 1.97. The molecule has 1 saturated heterocycles. The minimum Gasteiger partial charge on any atom is -0.391 e. The molecule has 4 nitrogen and oxygen atoms in total. The Bertz CT molecular complexity index is 420. The van der Waals surface area contributed by atoms with Crippen molar-refractivity contribution in [2.24, 2.45) is 0 Å². The maximum absolute atomic E-state index is 12.2. The molecule has 0 radical (unpaired) electrons. The summed E-state index contributed by atoms with van der Waals surface area (Å²) < 4.78 is 0. The first-order chi connectivity index (χ1) is 8.09. The summed E-state index contributed by atoms with van der Waals surface area (Å²) in [6.07, 6.45) is 0.0627. The molecular formula is C13H18N2O2. The molecule has 2 atom stereocenters. The van der Waals surface area contributed by atoms with Gasteiger partial charge in [0, 0.05) is 12.7 Å². The predicted octanol–water partition coefficient (Wildman–Crippen LogP) is 0.681. The van der Waals surface area contributed by atoms with Crippen LogP contribution in [-0.2, 0) is 4.79 Å². The summed E-state index contributed by atoms with van der Waals surface area (Å²) in [6.45, 7) is 2.68. The second kappa shape index (κ2) is 4.85. The monoisotopic (exact) mass is 234 g/mol. The van der Waals surface area contributed by atoms with Crippen molar-refractivity contribution in [3.05, 3.63) is 29.8 Å². The highest BCUT2D eigenvalue weighted by Gasteiger charge is 2.33. The van der Waals surface area contributed by atoms with Crippen LogP contribution in [-0.4, -0.2) is 36.8 Å². The Hall–Kier alpha value is -1.39. The number of rotatable bonds is 2. The molecule has 92 valence electrons. The van der Waals surface area contributed by atoms with E-state index >= 15 is 0 Å². The third-order valence-corrected chi connectivity index (χ3v) is 3.17. The van der Waals surface area contributed by atoms with E-state index in [1.54, 1.807) is 11.9 Å². The molecule has 17 heavy (non-hydrogen) atoms. The molecule has 0 spiro atoms. The SMILES string of the molecule is Cc1cccc(N(C)C(=O)[C@H]2NCC[C@@H]2O)c1. The van der Waals surface area contributed by atoms with Gasteiger partial charge in [0.25, 0.3) is 0 Å². The molecule has 2 N–H and O–H groups in total. The van der Waals surface area contributed by atoms with Crippen LogP contribution in [0.1, 0.15) is 12.0 Å². The number of carbonyl (C=O) groups excluding carboxylic acids is 1. The van der Waals surface area contributed by atoms with Gasteiger partial charge in [-0.1, -0.05) is 12.1 Å². The second-order valence-electron chi connectivity index (χ2n) is 4.52. The van der Waals surface area contributed by atoms with Crippen molar-refractivity contribution in [3.8, 4) is 0 Å². The van der Waals surface area contributed by atoms with Gasteiger partial charge >= 0.3 is 0 Å². The zero-order chi connectivity index (χ0) is 12.4. The first-order valence-electron chi connectivity index (χ1n) is 5.85. The van der Waals surface area contributed by atoms with Gasteiger partial charge in [-0.15, -0.1) is 0 Å². The minimum atomic E-state index is -0.574. The van der Waals surface area contributed by atoms with Crippen LogP contribution < -0.4 is 10.2 Å². The number of aryl methyl sites for hydroxylation is 1. The Labute approximate surface area is 101 Å². The summed E-state index contributed by atoms with van der Waals surface area (Å²) in [6, 6.07) is 7.30. The van der Waals surface area contributed by atoms with Crippen LogP contribution in [0.25, 0.3) is 0 Å². The standard InChI is InChI=1S/C13H18N2O2/c1-9-4-3-5-10(8-9)15(2)13(17)12-11(16)6-7-14-12/h3-5,8,11-12,14,16H,6-7H2,1-2H3/t11-,12-/m0/s1. The highest BCUT2D eigenvalue weighted by atomic mass is 16.3. The van der Waals surface area contributed by atoms with Gasteiger partial charge in [0.1, 0.15) is 6.04 Å². The highest BCUT2D eigenvalue weighted by Crippen LogP contribution is 2.17. The first-order valence-corrected chi connectivity index (χ1v) is 5.85. The number of anilines is 1. The van der Waals surface area contributed by atoms with E-state index in [9.17, 15) is 9.90 Å². The Morgan fingerprint density at radius 1 is 1.53 bits per heavy atom. The Balaban J connectivity index is 2.14. The van der Waals surface area contributed by atoms with E-state index in [4.69, 9.17) is 0 Å². The molecule has 0 bridgehead atoms. The predicted molar refractivity (Wildman–Crippen MR) is 67.0 cm³/mol. The third kappa shape index (κ3) is 2.48. The van der Waals surface area contributed by atoms with Crippen molar-refractivity contribution in [2.45, 2.75) is 25.5 Å². The van der Waals surface area contributed by atoms with E-state index in [1.807, 2.05) is 31.2 Å². The maximum Gasteiger partial charge on any atom is 0.246 e. The second-order valence-corrected chi connectivity index (χ2v) is 4.52. The van der Waals surface area contributed by atoms with Gasteiger partial charge in [0.05, 0.1) is 6.10 Å². The molecule has 1 amide bonds. The summed E-state index contributed by atoms with van der Waals surface area (Å²) in [4.78, 5) is 13.8. The van der Waals surface area contributed by atoms with E-state index in [1.165, 1.54) is 0 Å². The average molecular weight is 234 g/mol. The third-order valence-electron chi connectivity index (χ3n) is 3.17. The van der Waals surface area contributed by atoms with Crippen LogP contribution in [0.4, 0.5) is 5.69 Å². The molecule has 1 heterocycles. The van der Waals surface area contributed by atoms with Gasteiger partial charge in [0.2, 0.25) is 5.91 Å². The topological polar surface area (TPSA) is 52.6 Å². The summed E-state index contributed by atoms with van der Waals surface area (Å²) in [7, 11) is 1.74. The number of hydrogen-bond donors (Lipinski definition) is 2. The molecule has 0 unspecified atom stereocenters. The van der Waals surface area contributed by atoms with E-state index in [0.29, 0.717) is 13.0 Å². The van der Waals surface area contributed by atoms with E-state index in [2.05, 4.69) is 5.32 Å². The van der Waals surface area contributed by atoms with E-state index < -0.39 is 12.1 Å². The van der Waals surface area contributed by atoms with Crippen LogP contribution >= 0.6 is 0 Å². The van der Waals surface area contributed by atoms with E-state index in [-0.39, 0.29) is 5.91 Å². The quantitative estimate of drug-likeness (QED) is 0.791. The van der Waals surface area contributed by atoms with Crippen molar-refractivity contribution in [1.29, 1.82) is 0 Å². The number of carbonyl (C=O) groups is 1. The lowest BCUT2D eigenvalue weighted by atomic mass is 10.1. The first kappa shape index (κ1) is 12.1. The van der Waals surface area contributed by atoms with Gasteiger partial charge in [-0.2, -0.15) is 0 Å². The highest BCUT2D eigenvalue weighted by molar-refractivity contribution is 5.97. The van der Waals surface area contributed by atoms with Crippen molar-refractivity contribution < 1.29 is 9.90 Å². The van der Waals surface area contributed by atoms with Crippen molar-refractivity contribution in [2.75, 3.05) is 18.5 Å². The van der Waals surface area contributed by atoms with Gasteiger partial charge in [-0.05, 0) is 37.6 Å². The van der Waals surface area contributed by atoms with Crippen LogP contribution in [0.2, 0.25) is 0 Å². The molecule has 1 fully saturated rings. The van der Waals surface area contributed by atoms with Gasteiger partial charge in [-0.25, -0.2) is 0 Å². The van der Waals surface area contributed by atoms with Crippen LogP contribution in [0.5, 0.6) is 0 Å². The maximum atomic E-state index is 12.2. The zero-order valence-electron chi connectivity index (χ0n) is 10.2. The molecule has 1 aromatic carbocycles. The number of hydrogen-bond acceptors (Lipinski definition) is 3. The number of nitrogens with zero attached hydrogens (tertiary/aromatic N) is 1. The number of amides is 1. The minimum absolute atomic E-state index is 0.0828. The number of likely N-dealkylation sites (N-methyl/N-ethyl adjacent to an activating group) is 1. The molecule has 1 aliphatic rings.